The largest absolute Gasteiger partial charge is 0.460 e. The maximum atomic E-state index is 12.6. The van der Waals surface area contributed by atoms with Crippen molar-refractivity contribution in [3.8, 4) is 0 Å². The molecule has 4 atom stereocenters. The number of carbonyl (C=O) groups is 1. The van der Waals surface area contributed by atoms with Crippen LogP contribution >= 0.6 is 11.8 Å². The van der Waals surface area contributed by atoms with Crippen LogP contribution in [0.4, 0.5) is 0 Å². The molecule has 0 spiro atoms. The molecule has 0 aromatic heterocycles. The quantitative estimate of drug-likeness (QED) is 0.319. The van der Waals surface area contributed by atoms with Crippen molar-refractivity contribution in [1.82, 2.24) is 0 Å². The molecule has 0 amide bonds. The molecule has 3 unspecified atom stereocenters. The first-order valence-corrected chi connectivity index (χ1v) is 13.1. The van der Waals surface area contributed by atoms with Gasteiger partial charge in [-0.15, -0.1) is 11.8 Å². The van der Waals surface area contributed by atoms with Gasteiger partial charge in [-0.05, 0) is 37.5 Å². The first kappa shape index (κ1) is 27.0. The molecule has 4 nitrogen and oxygen atoms in total. The zero-order valence-corrected chi connectivity index (χ0v) is 21.4. The highest BCUT2D eigenvalue weighted by Gasteiger charge is 2.31. The van der Waals surface area contributed by atoms with Crippen LogP contribution in [-0.4, -0.2) is 41.7 Å². The normalized spacial score (nSPS) is 20.6. The molecule has 4 rings (SSSR count). The van der Waals surface area contributed by atoms with Crippen LogP contribution in [0.2, 0.25) is 0 Å². The standard InChI is InChI=1S/C23H28O4S.C7H8/c1-17(28-21-10-6-3-7-11-21)12-23(25)27-22-16-26-15-20(24)14-19(22)13-18-8-4-2-5-9-18;1-7-5-3-2-4-6-7/h2-11,17,19-20,22,24H,12-16H2,1H3;2-6H,1H3/t17?,19?,20-,22?;/m0./s1. The van der Waals surface area contributed by atoms with E-state index in [1.807, 2.05) is 73.7 Å². The Morgan fingerprint density at radius 1 is 0.971 bits per heavy atom. The summed E-state index contributed by atoms with van der Waals surface area (Å²) in [5.74, 6) is -0.167. The van der Waals surface area contributed by atoms with E-state index < -0.39 is 6.10 Å². The average Bonchev–Trinajstić information content (AvgIpc) is 3.01. The third-order valence-electron chi connectivity index (χ3n) is 5.79. The van der Waals surface area contributed by atoms with Gasteiger partial charge in [-0.1, -0.05) is 91.3 Å². The number of benzene rings is 3. The van der Waals surface area contributed by atoms with E-state index in [4.69, 9.17) is 9.47 Å². The van der Waals surface area contributed by atoms with Crippen LogP contribution in [-0.2, 0) is 20.7 Å². The van der Waals surface area contributed by atoms with Gasteiger partial charge < -0.3 is 14.6 Å². The number of carbonyl (C=O) groups excluding carboxylic acids is 1. The molecule has 0 saturated carbocycles. The van der Waals surface area contributed by atoms with Gasteiger partial charge in [0.2, 0.25) is 0 Å². The summed E-state index contributed by atoms with van der Waals surface area (Å²) >= 11 is 1.67. The maximum Gasteiger partial charge on any atom is 0.307 e. The molecule has 35 heavy (non-hydrogen) atoms. The first-order valence-electron chi connectivity index (χ1n) is 12.2. The molecule has 1 aliphatic heterocycles. The summed E-state index contributed by atoms with van der Waals surface area (Å²) in [4.78, 5) is 13.7. The van der Waals surface area contributed by atoms with E-state index >= 15 is 0 Å². The van der Waals surface area contributed by atoms with Gasteiger partial charge in [-0.25, -0.2) is 0 Å². The van der Waals surface area contributed by atoms with Crippen molar-refractivity contribution >= 4 is 17.7 Å². The lowest BCUT2D eigenvalue weighted by atomic mass is 9.90. The van der Waals surface area contributed by atoms with Crippen LogP contribution in [0.3, 0.4) is 0 Å². The summed E-state index contributed by atoms with van der Waals surface area (Å²) in [7, 11) is 0. The van der Waals surface area contributed by atoms with Crippen LogP contribution in [0.5, 0.6) is 0 Å². The van der Waals surface area contributed by atoms with Crippen molar-refractivity contribution in [2.24, 2.45) is 5.92 Å². The third kappa shape index (κ3) is 10.3. The first-order chi connectivity index (χ1) is 17.0. The van der Waals surface area contributed by atoms with Crippen molar-refractivity contribution in [2.45, 2.75) is 55.5 Å². The van der Waals surface area contributed by atoms with Gasteiger partial charge in [0.25, 0.3) is 0 Å². The van der Waals surface area contributed by atoms with Crippen LogP contribution in [0.15, 0.2) is 95.9 Å². The summed E-state index contributed by atoms with van der Waals surface area (Å²) in [6.07, 6.45) is 0.814. The fraction of sp³-hybridized carbons (Fsp3) is 0.367. The minimum atomic E-state index is -0.523. The summed E-state index contributed by atoms with van der Waals surface area (Å²) in [6.45, 7) is 4.74. The number of hydrogen-bond acceptors (Lipinski definition) is 5. The molecule has 1 saturated heterocycles. The highest BCUT2D eigenvalue weighted by atomic mass is 32.2. The monoisotopic (exact) mass is 492 g/mol. The van der Waals surface area contributed by atoms with Crippen molar-refractivity contribution in [2.75, 3.05) is 13.2 Å². The van der Waals surface area contributed by atoms with Gasteiger partial charge in [0.05, 0.1) is 25.7 Å². The van der Waals surface area contributed by atoms with E-state index in [2.05, 4.69) is 31.2 Å². The average molecular weight is 493 g/mol. The van der Waals surface area contributed by atoms with E-state index in [1.165, 1.54) is 11.1 Å². The zero-order valence-electron chi connectivity index (χ0n) is 20.6. The molecule has 1 heterocycles. The maximum absolute atomic E-state index is 12.6. The topological polar surface area (TPSA) is 55.8 Å². The van der Waals surface area contributed by atoms with E-state index in [0.717, 1.165) is 11.3 Å². The summed E-state index contributed by atoms with van der Waals surface area (Å²) in [5.41, 5.74) is 2.50. The van der Waals surface area contributed by atoms with Gasteiger partial charge in [-0.2, -0.15) is 0 Å². The van der Waals surface area contributed by atoms with Crippen LogP contribution < -0.4 is 0 Å². The lowest BCUT2D eigenvalue weighted by Gasteiger charge is -2.25. The van der Waals surface area contributed by atoms with Crippen LogP contribution in [0.25, 0.3) is 0 Å². The summed E-state index contributed by atoms with van der Waals surface area (Å²) in [6, 6.07) is 30.4. The Morgan fingerprint density at radius 3 is 2.17 bits per heavy atom. The molecular weight excluding hydrogens is 456 g/mol. The highest BCUT2D eigenvalue weighted by Crippen LogP contribution is 2.27. The van der Waals surface area contributed by atoms with Crippen molar-refractivity contribution in [1.29, 1.82) is 0 Å². The zero-order chi connectivity index (χ0) is 24.9. The predicted octanol–water partition coefficient (Wildman–Crippen LogP) is 6.10. The SMILES string of the molecule is CC(CC(=O)OC1COC[C@@H](O)CC1Cc1ccccc1)Sc1ccccc1.Cc1ccccc1. The minimum Gasteiger partial charge on any atom is -0.460 e. The molecule has 0 aliphatic carbocycles. The number of aryl methyl sites for hydroxylation is 1. The van der Waals surface area contributed by atoms with Crippen molar-refractivity contribution in [3.05, 3.63) is 102 Å². The Labute approximate surface area is 213 Å². The Hall–Kier alpha value is -2.60. The van der Waals surface area contributed by atoms with E-state index in [9.17, 15) is 9.90 Å². The number of thioether (sulfide) groups is 1. The lowest BCUT2D eigenvalue weighted by Crippen LogP contribution is -2.32. The molecule has 186 valence electrons. The third-order valence-corrected chi connectivity index (χ3v) is 6.90. The molecule has 0 bridgehead atoms. The number of aliphatic hydroxyl groups is 1. The van der Waals surface area contributed by atoms with Gasteiger partial charge >= 0.3 is 5.97 Å². The second kappa shape index (κ2) is 14.7. The molecule has 3 aromatic rings. The molecular formula is C30H36O4S. The predicted molar refractivity (Wildman–Crippen MR) is 143 cm³/mol. The highest BCUT2D eigenvalue weighted by molar-refractivity contribution is 8.00. The van der Waals surface area contributed by atoms with Crippen LogP contribution in [0.1, 0.15) is 30.9 Å². The van der Waals surface area contributed by atoms with E-state index in [1.54, 1.807) is 11.8 Å². The molecule has 1 aliphatic rings. The number of rotatable bonds is 7. The fourth-order valence-corrected chi connectivity index (χ4v) is 5.04. The summed E-state index contributed by atoms with van der Waals surface area (Å²) in [5, 5.41) is 10.3. The smallest absolute Gasteiger partial charge is 0.307 e. The molecule has 3 aromatic carbocycles. The number of aliphatic hydroxyl groups excluding tert-OH is 1. The number of ether oxygens (including phenoxy) is 2. The van der Waals surface area contributed by atoms with Gasteiger partial charge in [0.15, 0.2) is 0 Å². The molecule has 1 N–H and O–H groups in total. The van der Waals surface area contributed by atoms with Gasteiger partial charge in [0.1, 0.15) is 6.10 Å². The molecule has 0 radical (unpaired) electrons. The van der Waals surface area contributed by atoms with E-state index in [-0.39, 0.29) is 23.2 Å². The van der Waals surface area contributed by atoms with Crippen molar-refractivity contribution in [3.63, 3.8) is 0 Å². The Morgan fingerprint density at radius 2 is 1.57 bits per heavy atom. The molecule has 5 heteroatoms. The van der Waals surface area contributed by atoms with E-state index in [0.29, 0.717) is 26.1 Å². The Balaban J connectivity index is 0.000000420. The molecule has 1 fully saturated rings. The lowest BCUT2D eigenvalue weighted by molar-refractivity contribution is -0.154. The number of esters is 1. The van der Waals surface area contributed by atoms with Gasteiger partial charge in [0, 0.05) is 16.1 Å². The van der Waals surface area contributed by atoms with Crippen molar-refractivity contribution < 1.29 is 19.4 Å². The minimum absolute atomic E-state index is 0.0425. The fourth-order valence-electron chi connectivity index (χ4n) is 4.05. The number of hydrogen-bond donors (Lipinski definition) is 1. The second-order valence-electron chi connectivity index (χ2n) is 9.01. The Kier molecular flexibility index (Phi) is 11.4. The van der Waals surface area contributed by atoms with Crippen LogP contribution in [0, 0.1) is 12.8 Å². The van der Waals surface area contributed by atoms with Gasteiger partial charge in [-0.3, -0.25) is 4.79 Å². The second-order valence-corrected chi connectivity index (χ2v) is 10.5. The Bertz CT molecular complexity index is 981. The summed E-state index contributed by atoms with van der Waals surface area (Å²) < 4.78 is 11.4.